The third-order valence-electron chi connectivity index (χ3n) is 5.84. The number of nitrogens with one attached hydrogen (secondary N) is 1. The number of aromatic nitrogens is 2. The Morgan fingerprint density at radius 1 is 1.09 bits per heavy atom. The number of carbonyl (C=O) groups is 1. The van der Waals surface area contributed by atoms with Gasteiger partial charge in [-0.2, -0.15) is 0 Å². The number of aryl methyl sites for hydroxylation is 3. The van der Waals surface area contributed by atoms with Gasteiger partial charge < -0.3 is 14.6 Å². The molecule has 1 N–H and O–H groups in total. The van der Waals surface area contributed by atoms with Crippen molar-refractivity contribution in [3.63, 3.8) is 0 Å². The smallest absolute Gasteiger partial charge is 0.224 e. The fraction of sp³-hybridized carbons (Fsp3) is 0.286. The van der Waals surface area contributed by atoms with Crippen LogP contribution < -0.4 is 10.1 Å². The van der Waals surface area contributed by atoms with Crippen LogP contribution in [0.5, 0.6) is 5.75 Å². The minimum absolute atomic E-state index is 0.0494. The number of para-hydroxylation sites is 2. The summed E-state index contributed by atoms with van der Waals surface area (Å²) >= 11 is 5.95. The average molecular weight is 476 g/mol. The molecule has 1 atom stereocenters. The Kier molecular flexibility index (Phi) is 7.53. The van der Waals surface area contributed by atoms with E-state index in [1.54, 1.807) is 12.1 Å². The lowest BCUT2D eigenvalue weighted by Crippen LogP contribution is -2.30. The summed E-state index contributed by atoms with van der Waals surface area (Å²) in [6.45, 7) is 7.48. The van der Waals surface area contributed by atoms with E-state index in [9.17, 15) is 4.79 Å². The van der Waals surface area contributed by atoms with Gasteiger partial charge in [-0.3, -0.25) is 4.79 Å². The molecule has 0 saturated carbocycles. The van der Waals surface area contributed by atoms with E-state index < -0.39 is 0 Å². The van der Waals surface area contributed by atoms with Gasteiger partial charge in [-0.05, 0) is 68.7 Å². The maximum Gasteiger partial charge on any atom is 0.224 e. The van der Waals surface area contributed by atoms with E-state index in [4.69, 9.17) is 21.3 Å². The largest absolute Gasteiger partial charge is 0.493 e. The first kappa shape index (κ1) is 23.8. The minimum atomic E-state index is -0.229. The molecular weight excluding hydrogens is 446 g/mol. The Morgan fingerprint density at radius 3 is 2.62 bits per heavy atom. The summed E-state index contributed by atoms with van der Waals surface area (Å²) in [5, 5.41) is 3.76. The van der Waals surface area contributed by atoms with Crippen molar-refractivity contribution in [2.75, 3.05) is 6.61 Å². The second kappa shape index (κ2) is 10.7. The first-order valence-electron chi connectivity index (χ1n) is 11.6. The summed E-state index contributed by atoms with van der Waals surface area (Å²) in [5.41, 5.74) is 5.28. The molecule has 0 fully saturated rings. The van der Waals surface area contributed by atoms with Gasteiger partial charge in [-0.15, -0.1) is 0 Å². The topological polar surface area (TPSA) is 56.1 Å². The maximum absolute atomic E-state index is 12.7. The van der Waals surface area contributed by atoms with E-state index in [1.807, 2.05) is 43.3 Å². The van der Waals surface area contributed by atoms with Crippen molar-refractivity contribution in [1.82, 2.24) is 14.9 Å². The van der Waals surface area contributed by atoms with Crippen molar-refractivity contribution in [2.24, 2.45) is 0 Å². The lowest BCUT2D eigenvalue weighted by Gasteiger charge is -2.17. The SMILES string of the molecule is Cc1ccc(OCCCn2c(C(C)NC(=O)Cc3ccc(Cl)cc3)nc3ccccc32)c(C)c1. The lowest BCUT2D eigenvalue weighted by atomic mass is 10.1. The molecule has 1 aromatic heterocycles. The van der Waals surface area contributed by atoms with Crippen molar-refractivity contribution >= 4 is 28.5 Å². The molecule has 0 aliphatic rings. The average Bonchev–Trinajstić information content (AvgIpc) is 3.18. The van der Waals surface area contributed by atoms with Gasteiger partial charge in [0.1, 0.15) is 11.6 Å². The number of carbonyl (C=O) groups excluding carboxylic acids is 1. The molecule has 0 aliphatic carbocycles. The number of amides is 1. The molecule has 0 radical (unpaired) electrons. The molecule has 0 bridgehead atoms. The van der Waals surface area contributed by atoms with Crippen LogP contribution in [0.1, 0.15) is 41.9 Å². The summed E-state index contributed by atoms with van der Waals surface area (Å²) in [5.74, 6) is 1.72. The standard InChI is InChI=1S/C28H30ClN3O2/c1-19-9-14-26(20(2)17-19)34-16-6-15-32-25-8-5-4-7-24(25)31-28(32)21(3)30-27(33)18-22-10-12-23(29)13-11-22/h4-5,7-14,17,21H,6,15-16,18H2,1-3H3,(H,30,33). The van der Waals surface area contributed by atoms with Crippen LogP contribution in [0.4, 0.5) is 0 Å². The summed E-state index contributed by atoms with van der Waals surface area (Å²) in [6, 6.07) is 21.4. The lowest BCUT2D eigenvalue weighted by molar-refractivity contribution is -0.121. The van der Waals surface area contributed by atoms with E-state index in [0.29, 0.717) is 18.1 Å². The van der Waals surface area contributed by atoms with Crippen LogP contribution in [0.25, 0.3) is 11.0 Å². The van der Waals surface area contributed by atoms with Crippen molar-refractivity contribution in [1.29, 1.82) is 0 Å². The first-order chi connectivity index (χ1) is 16.4. The van der Waals surface area contributed by atoms with Crippen LogP contribution in [0.15, 0.2) is 66.7 Å². The van der Waals surface area contributed by atoms with E-state index >= 15 is 0 Å². The van der Waals surface area contributed by atoms with Crippen LogP contribution in [-0.4, -0.2) is 22.1 Å². The number of imidazole rings is 1. The van der Waals surface area contributed by atoms with E-state index in [-0.39, 0.29) is 11.9 Å². The molecule has 4 rings (SSSR count). The van der Waals surface area contributed by atoms with Gasteiger partial charge in [0.25, 0.3) is 0 Å². The summed E-state index contributed by atoms with van der Waals surface area (Å²) in [4.78, 5) is 17.5. The third kappa shape index (κ3) is 5.78. The molecule has 0 saturated heterocycles. The fourth-order valence-corrected chi connectivity index (χ4v) is 4.30. The second-order valence-electron chi connectivity index (χ2n) is 8.67. The summed E-state index contributed by atoms with van der Waals surface area (Å²) < 4.78 is 8.22. The van der Waals surface area contributed by atoms with Crippen LogP contribution >= 0.6 is 11.6 Å². The number of benzene rings is 3. The number of hydrogen-bond donors (Lipinski definition) is 1. The predicted octanol–water partition coefficient (Wildman–Crippen LogP) is 6.20. The van der Waals surface area contributed by atoms with Crippen molar-refractivity contribution in [3.8, 4) is 5.75 Å². The van der Waals surface area contributed by atoms with E-state index in [1.165, 1.54) is 5.56 Å². The number of ether oxygens (including phenoxy) is 1. The molecule has 1 heterocycles. The molecule has 0 spiro atoms. The normalized spacial score (nSPS) is 12.0. The van der Waals surface area contributed by atoms with Crippen LogP contribution in [0.2, 0.25) is 5.02 Å². The molecule has 5 nitrogen and oxygen atoms in total. The monoisotopic (exact) mass is 475 g/mol. The zero-order chi connectivity index (χ0) is 24.1. The van der Waals surface area contributed by atoms with Gasteiger partial charge in [0.05, 0.1) is 30.1 Å². The second-order valence-corrected chi connectivity index (χ2v) is 9.11. The molecule has 4 aromatic rings. The Bertz CT molecular complexity index is 1280. The Hall–Kier alpha value is -3.31. The van der Waals surface area contributed by atoms with Crippen LogP contribution in [-0.2, 0) is 17.8 Å². The summed E-state index contributed by atoms with van der Waals surface area (Å²) in [7, 11) is 0. The quantitative estimate of drug-likeness (QED) is 0.293. The zero-order valence-corrected chi connectivity index (χ0v) is 20.6. The van der Waals surface area contributed by atoms with Crippen molar-refractivity contribution < 1.29 is 9.53 Å². The number of nitrogens with zero attached hydrogens (tertiary/aromatic N) is 2. The number of rotatable bonds is 9. The Balaban J connectivity index is 1.43. The minimum Gasteiger partial charge on any atom is -0.493 e. The number of hydrogen-bond acceptors (Lipinski definition) is 3. The molecule has 1 unspecified atom stereocenters. The number of halogens is 1. The first-order valence-corrected chi connectivity index (χ1v) is 12.0. The van der Waals surface area contributed by atoms with Gasteiger partial charge in [0.15, 0.2) is 0 Å². The van der Waals surface area contributed by atoms with E-state index in [2.05, 4.69) is 41.9 Å². The van der Waals surface area contributed by atoms with Gasteiger partial charge in [-0.1, -0.05) is 53.6 Å². The maximum atomic E-state index is 12.7. The highest BCUT2D eigenvalue weighted by atomic mass is 35.5. The Labute approximate surface area is 205 Å². The highest BCUT2D eigenvalue weighted by molar-refractivity contribution is 6.30. The molecule has 6 heteroatoms. The predicted molar refractivity (Wildman–Crippen MR) is 137 cm³/mol. The molecular formula is C28H30ClN3O2. The Morgan fingerprint density at radius 2 is 1.85 bits per heavy atom. The van der Waals surface area contributed by atoms with E-state index in [0.717, 1.165) is 46.7 Å². The fourth-order valence-electron chi connectivity index (χ4n) is 4.17. The third-order valence-corrected chi connectivity index (χ3v) is 6.09. The molecule has 0 aliphatic heterocycles. The molecule has 34 heavy (non-hydrogen) atoms. The van der Waals surface area contributed by atoms with Crippen LogP contribution in [0, 0.1) is 13.8 Å². The molecule has 3 aromatic carbocycles. The molecule has 176 valence electrons. The van der Waals surface area contributed by atoms with Gasteiger partial charge in [0.2, 0.25) is 5.91 Å². The number of fused-ring (bicyclic) bond motifs is 1. The zero-order valence-electron chi connectivity index (χ0n) is 19.8. The van der Waals surface area contributed by atoms with Gasteiger partial charge in [-0.25, -0.2) is 4.98 Å². The van der Waals surface area contributed by atoms with Gasteiger partial charge >= 0.3 is 0 Å². The van der Waals surface area contributed by atoms with Crippen molar-refractivity contribution in [2.45, 2.75) is 46.2 Å². The van der Waals surface area contributed by atoms with Gasteiger partial charge in [0, 0.05) is 11.6 Å². The highest BCUT2D eigenvalue weighted by Gasteiger charge is 2.18. The highest BCUT2D eigenvalue weighted by Crippen LogP contribution is 2.23. The van der Waals surface area contributed by atoms with Crippen LogP contribution in [0.3, 0.4) is 0 Å². The van der Waals surface area contributed by atoms with Crippen molar-refractivity contribution in [3.05, 3.63) is 94.3 Å². The summed E-state index contributed by atoms with van der Waals surface area (Å²) in [6.07, 6.45) is 1.12. The molecule has 1 amide bonds.